The Hall–Kier alpha value is -3.07. The zero-order valence-electron chi connectivity index (χ0n) is 16.7. The first-order chi connectivity index (χ1) is 15.2. The first-order valence-electron chi connectivity index (χ1n) is 9.99. The van der Waals surface area contributed by atoms with Crippen LogP contribution in [0.5, 0.6) is 5.75 Å². The zero-order valence-corrected chi connectivity index (χ0v) is 17.5. The third-order valence-corrected chi connectivity index (χ3v) is 5.28. The Kier molecular flexibility index (Phi) is 6.36. The summed E-state index contributed by atoms with van der Waals surface area (Å²) in [6.07, 6.45) is -0.634. The van der Waals surface area contributed by atoms with Crippen LogP contribution in [0.1, 0.15) is 25.7 Å². The van der Waals surface area contributed by atoms with E-state index in [4.69, 9.17) is 11.6 Å². The van der Waals surface area contributed by atoms with Crippen molar-refractivity contribution in [3.63, 3.8) is 0 Å². The van der Waals surface area contributed by atoms with Crippen molar-refractivity contribution in [1.29, 1.82) is 0 Å². The highest BCUT2D eigenvalue weighted by molar-refractivity contribution is 6.33. The molecule has 0 spiro atoms. The molecule has 0 amide bonds. The number of anilines is 3. The Morgan fingerprint density at radius 2 is 1.78 bits per heavy atom. The van der Waals surface area contributed by atoms with Gasteiger partial charge in [0.05, 0.1) is 16.4 Å². The van der Waals surface area contributed by atoms with Crippen molar-refractivity contribution in [2.24, 2.45) is 0 Å². The van der Waals surface area contributed by atoms with Gasteiger partial charge >= 0.3 is 6.36 Å². The van der Waals surface area contributed by atoms with Gasteiger partial charge in [0, 0.05) is 17.7 Å². The van der Waals surface area contributed by atoms with Crippen LogP contribution in [0.25, 0.3) is 11.3 Å². The number of aromatic nitrogens is 2. The molecular formula is C22H19ClF4N4O. The highest BCUT2D eigenvalue weighted by atomic mass is 35.5. The highest BCUT2D eigenvalue weighted by Crippen LogP contribution is 2.31. The van der Waals surface area contributed by atoms with Crippen molar-refractivity contribution >= 4 is 29.1 Å². The first-order valence-corrected chi connectivity index (χ1v) is 10.4. The number of nitrogens with zero attached hydrogens (tertiary/aromatic N) is 2. The molecule has 0 bridgehead atoms. The van der Waals surface area contributed by atoms with E-state index in [9.17, 15) is 17.6 Å². The second kappa shape index (κ2) is 9.20. The number of alkyl halides is 3. The van der Waals surface area contributed by atoms with E-state index in [1.165, 1.54) is 36.4 Å². The number of rotatable bonds is 6. The molecular weight excluding hydrogens is 448 g/mol. The maximum absolute atomic E-state index is 13.4. The summed E-state index contributed by atoms with van der Waals surface area (Å²) in [5, 5.41) is 6.48. The van der Waals surface area contributed by atoms with E-state index in [0.717, 1.165) is 25.7 Å². The summed E-state index contributed by atoms with van der Waals surface area (Å²) in [6, 6.07) is 11.2. The van der Waals surface area contributed by atoms with Gasteiger partial charge < -0.3 is 15.4 Å². The predicted molar refractivity (Wildman–Crippen MR) is 115 cm³/mol. The molecule has 0 unspecified atom stereocenters. The fourth-order valence-electron chi connectivity index (χ4n) is 3.56. The van der Waals surface area contributed by atoms with E-state index >= 15 is 0 Å². The topological polar surface area (TPSA) is 59.1 Å². The van der Waals surface area contributed by atoms with Crippen LogP contribution >= 0.6 is 11.6 Å². The quantitative estimate of drug-likeness (QED) is 0.386. The molecule has 0 radical (unpaired) electrons. The molecule has 5 nitrogen and oxygen atoms in total. The van der Waals surface area contributed by atoms with E-state index in [2.05, 4.69) is 25.3 Å². The van der Waals surface area contributed by atoms with Crippen LogP contribution in [0, 0.1) is 5.82 Å². The van der Waals surface area contributed by atoms with Gasteiger partial charge in [0.25, 0.3) is 0 Å². The van der Waals surface area contributed by atoms with E-state index in [0.29, 0.717) is 28.7 Å². The minimum atomic E-state index is -4.80. The van der Waals surface area contributed by atoms with E-state index in [1.54, 1.807) is 12.1 Å². The summed E-state index contributed by atoms with van der Waals surface area (Å²) in [7, 11) is 0. The van der Waals surface area contributed by atoms with Gasteiger partial charge in [0.1, 0.15) is 17.4 Å². The SMILES string of the molecule is Fc1ccc(Nc2cc(-c3cccc(OC(F)(F)F)c3)nc(NC3CCCC3)n2)c(Cl)c1. The monoisotopic (exact) mass is 466 g/mol. The van der Waals surface area contributed by atoms with Crippen LogP contribution in [-0.4, -0.2) is 22.4 Å². The Labute approximate surface area is 186 Å². The molecule has 1 aromatic heterocycles. The standard InChI is InChI=1S/C22H19ClF4N4O/c23-17-11-14(24)8-9-18(17)29-20-12-19(30-21(31-20)28-15-5-1-2-6-15)13-4-3-7-16(10-13)32-22(25,26)27/h3-4,7-12,15H,1-2,5-6H2,(H2,28,29,30,31). The van der Waals surface area contributed by atoms with Crippen LogP contribution in [0.2, 0.25) is 5.02 Å². The van der Waals surface area contributed by atoms with E-state index in [-0.39, 0.29) is 16.8 Å². The lowest BCUT2D eigenvalue weighted by molar-refractivity contribution is -0.274. The number of ether oxygens (including phenoxy) is 1. The van der Waals surface area contributed by atoms with Gasteiger partial charge in [-0.15, -0.1) is 13.2 Å². The Bertz CT molecular complexity index is 1100. The number of nitrogens with one attached hydrogen (secondary N) is 2. The molecule has 1 aliphatic carbocycles. The summed E-state index contributed by atoms with van der Waals surface area (Å²) in [5.74, 6) is -0.146. The van der Waals surface area contributed by atoms with Crippen molar-refractivity contribution in [3.05, 3.63) is 59.4 Å². The average molecular weight is 467 g/mol. The van der Waals surface area contributed by atoms with Crippen molar-refractivity contribution < 1.29 is 22.3 Å². The van der Waals surface area contributed by atoms with Crippen molar-refractivity contribution in [3.8, 4) is 17.0 Å². The fourth-order valence-corrected chi connectivity index (χ4v) is 3.77. The second-order valence-electron chi connectivity index (χ2n) is 7.41. The molecule has 1 aliphatic rings. The normalized spacial score (nSPS) is 14.4. The lowest BCUT2D eigenvalue weighted by Gasteiger charge is -2.16. The number of hydrogen-bond donors (Lipinski definition) is 2. The lowest BCUT2D eigenvalue weighted by atomic mass is 10.1. The largest absolute Gasteiger partial charge is 0.573 e. The molecule has 2 aromatic carbocycles. The second-order valence-corrected chi connectivity index (χ2v) is 7.82. The number of benzene rings is 2. The molecule has 10 heteroatoms. The smallest absolute Gasteiger partial charge is 0.406 e. The molecule has 0 atom stereocenters. The van der Waals surface area contributed by atoms with Crippen LogP contribution < -0.4 is 15.4 Å². The Balaban J connectivity index is 1.69. The summed E-state index contributed by atoms with van der Waals surface area (Å²) in [6.45, 7) is 0. The van der Waals surface area contributed by atoms with Gasteiger partial charge in [-0.2, -0.15) is 4.98 Å². The van der Waals surface area contributed by atoms with Gasteiger partial charge in [0.15, 0.2) is 0 Å². The Morgan fingerprint density at radius 1 is 1.00 bits per heavy atom. The van der Waals surface area contributed by atoms with Gasteiger partial charge in [-0.3, -0.25) is 0 Å². The third-order valence-electron chi connectivity index (χ3n) is 4.97. The van der Waals surface area contributed by atoms with Crippen molar-refractivity contribution in [2.75, 3.05) is 10.6 Å². The molecule has 2 N–H and O–H groups in total. The van der Waals surface area contributed by atoms with Crippen molar-refractivity contribution in [1.82, 2.24) is 9.97 Å². The Morgan fingerprint density at radius 3 is 2.50 bits per heavy atom. The van der Waals surface area contributed by atoms with Crippen molar-refractivity contribution in [2.45, 2.75) is 38.1 Å². The van der Waals surface area contributed by atoms with Gasteiger partial charge in [-0.1, -0.05) is 36.6 Å². The van der Waals surface area contributed by atoms with Crippen LogP contribution in [-0.2, 0) is 0 Å². The van der Waals surface area contributed by atoms with Gasteiger partial charge in [-0.25, -0.2) is 9.37 Å². The minimum Gasteiger partial charge on any atom is -0.406 e. The molecule has 4 rings (SSSR count). The van der Waals surface area contributed by atoms with E-state index < -0.39 is 12.2 Å². The molecule has 1 saturated carbocycles. The highest BCUT2D eigenvalue weighted by Gasteiger charge is 2.31. The molecule has 32 heavy (non-hydrogen) atoms. The van der Waals surface area contributed by atoms with Gasteiger partial charge in [-0.05, 0) is 43.2 Å². The summed E-state index contributed by atoms with van der Waals surface area (Å²) < 4.78 is 55.3. The molecule has 0 aliphatic heterocycles. The molecule has 3 aromatic rings. The molecule has 168 valence electrons. The van der Waals surface area contributed by atoms with Crippen LogP contribution in [0.4, 0.5) is 35.0 Å². The number of hydrogen-bond acceptors (Lipinski definition) is 5. The molecule has 1 fully saturated rings. The average Bonchev–Trinajstić information content (AvgIpc) is 3.22. The minimum absolute atomic E-state index is 0.163. The summed E-state index contributed by atoms with van der Waals surface area (Å²) >= 11 is 6.11. The lowest BCUT2D eigenvalue weighted by Crippen LogP contribution is -2.17. The first kappa shape index (κ1) is 22.1. The molecule has 1 heterocycles. The zero-order chi connectivity index (χ0) is 22.7. The maximum Gasteiger partial charge on any atom is 0.573 e. The summed E-state index contributed by atoms with van der Waals surface area (Å²) in [5.41, 5.74) is 1.23. The maximum atomic E-state index is 13.4. The van der Waals surface area contributed by atoms with E-state index in [1.807, 2.05) is 0 Å². The third kappa shape index (κ3) is 5.79. The molecule has 0 saturated heterocycles. The van der Waals surface area contributed by atoms with Crippen LogP contribution in [0.15, 0.2) is 48.5 Å². The van der Waals surface area contributed by atoms with Gasteiger partial charge in [0.2, 0.25) is 5.95 Å². The number of halogens is 5. The predicted octanol–water partition coefficient (Wildman–Crippen LogP) is 6.93. The summed E-state index contributed by atoms with van der Waals surface area (Å²) in [4.78, 5) is 8.96. The van der Waals surface area contributed by atoms with Crippen LogP contribution in [0.3, 0.4) is 0 Å². The fraction of sp³-hybridized carbons (Fsp3) is 0.273.